The molecule has 2 aromatic heterocycles. The highest BCUT2D eigenvalue weighted by Gasteiger charge is 2.34. The molecule has 2 N–H and O–H groups in total. The summed E-state index contributed by atoms with van der Waals surface area (Å²) in [5, 5.41) is 11.9. The SMILES string of the molecule is C[C@H]1CN(c2ccc(C(=O)Nc3cc(F)c4nn(C)cc4c3)c3nc(OCC4(C)COC4)ncc23)C[C@H](C)N1. The number of rotatable bonds is 6. The van der Waals surface area contributed by atoms with E-state index in [2.05, 4.69) is 46.4 Å². The summed E-state index contributed by atoms with van der Waals surface area (Å²) in [6.07, 6.45) is 3.43. The predicted molar refractivity (Wildman–Crippen MR) is 147 cm³/mol. The Morgan fingerprint density at radius 1 is 1.23 bits per heavy atom. The predicted octanol–water partition coefficient (Wildman–Crippen LogP) is 3.51. The number of ether oxygens (including phenoxy) is 2. The van der Waals surface area contributed by atoms with Crippen LogP contribution in [0.1, 0.15) is 31.1 Å². The van der Waals surface area contributed by atoms with Crippen LogP contribution in [0, 0.1) is 11.2 Å². The second-order valence-electron chi connectivity index (χ2n) is 11.2. The second-order valence-corrected chi connectivity index (χ2v) is 11.2. The van der Waals surface area contributed by atoms with Crippen LogP contribution in [-0.2, 0) is 11.8 Å². The van der Waals surface area contributed by atoms with Crippen LogP contribution in [-0.4, -0.2) is 70.6 Å². The van der Waals surface area contributed by atoms with Gasteiger partial charge in [0.1, 0.15) is 12.1 Å². The zero-order valence-electron chi connectivity index (χ0n) is 22.5. The normalized spacial score (nSPS) is 20.7. The van der Waals surface area contributed by atoms with E-state index in [1.165, 1.54) is 10.7 Å². The van der Waals surface area contributed by atoms with Gasteiger partial charge in [0.05, 0.1) is 24.3 Å². The van der Waals surface area contributed by atoms with Gasteiger partial charge in [-0.25, -0.2) is 9.37 Å². The first kappa shape index (κ1) is 25.4. The Hall–Kier alpha value is -3.83. The van der Waals surface area contributed by atoms with E-state index in [0.717, 1.165) is 24.2 Å². The van der Waals surface area contributed by atoms with Gasteiger partial charge >= 0.3 is 6.01 Å². The van der Waals surface area contributed by atoms with Crippen LogP contribution < -0.4 is 20.3 Å². The topological polar surface area (TPSA) is 106 Å². The molecule has 204 valence electrons. The number of aryl methyl sites for hydroxylation is 1. The molecule has 6 rings (SSSR count). The van der Waals surface area contributed by atoms with E-state index >= 15 is 0 Å². The molecule has 0 radical (unpaired) electrons. The summed E-state index contributed by atoms with van der Waals surface area (Å²) in [6, 6.07) is 7.49. The fourth-order valence-corrected chi connectivity index (χ4v) is 5.40. The first-order valence-electron chi connectivity index (χ1n) is 13.1. The van der Waals surface area contributed by atoms with Crippen molar-refractivity contribution >= 4 is 39.1 Å². The first-order valence-corrected chi connectivity index (χ1v) is 13.1. The van der Waals surface area contributed by atoms with Gasteiger partial charge in [0.25, 0.3) is 5.91 Å². The molecule has 2 aliphatic rings. The summed E-state index contributed by atoms with van der Waals surface area (Å²) in [4.78, 5) is 25.0. The summed E-state index contributed by atoms with van der Waals surface area (Å²) in [5.41, 5.74) is 2.29. The minimum absolute atomic E-state index is 0.0809. The third-order valence-electron chi connectivity index (χ3n) is 7.23. The minimum atomic E-state index is -0.503. The molecule has 0 spiro atoms. The Balaban J connectivity index is 1.37. The maximum Gasteiger partial charge on any atom is 0.316 e. The zero-order valence-corrected chi connectivity index (χ0v) is 22.5. The van der Waals surface area contributed by atoms with Crippen LogP contribution in [0.5, 0.6) is 6.01 Å². The molecule has 0 aliphatic carbocycles. The van der Waals surface area contributed by atoms with E-state index in [4.69, 9.17) is 14.5 Å². The number of carbonyl (C=O) groups is 1. The number of halogens is 1. The fourth-order valence-electron chi connectivity index (χ4n) is 5.40. The summed E-state index contributed by atoms with van der Waals surface area (Å²) in [5.74, 6) is -0.905. The average molecular weight is 534 g/mol. The standard InChI is InChI=1S/C28H32FN7O3/c1-16-10-36(11-17(2)31-16)23-6-5-20(25-21(23)9-30-27(33-25)39-15-28(3)13-38-14-28)26(37)32-19-7-18-12-35(4)34-24(18)22(29)8-19/h5-9,12,16-17,31H,10-11,13-15H2,1-4H3,(H,32,37)/t16-,17-/m0/s1. The quantitative estimate of drug-likeness (QED) is 0.388. The van der Waals surface area contributed by atoms with Gasteiger partial charge in [-0.3, -0.25) is 9.48 Å². The van der Waals surface area contributed by atoms with Crippen molar-refractivity contribution in [3.8, 4) is 6.01 Å². The lowest BCUT2D eigenvalue weighted by Gasteiger charge is -2.38. The number of carbonyl (C=O) groups excluding carboxylic acids is 1. The highest BCUT2D eigenvalue weighted by Crippen LogP contribution is 2.32. The molecule has 10 nitrogen and oxygen atoms in total. The lowest BCUT2D eigenvalue weighted by Crippen LogP contribution is -2.54. The molecular weight excluding hydrogens is 501 g/mol. The van der Waals surface area contributed by atoms with Crippen molar-refractivity contribution in [1.82, 2.24) is 25.1 Å². The van der Waals surface area contributed by atoms with Crippen molar-refractivity contribution in [3.05, 3.63) is 48.0 Å². The van der Waals surface area contributed by atoms with Crippen LogP contribution in [0.4, 0.5) is 15.8 Å². The van der Waals surface area contributed by atoms with Crippen LogP contribution in [0.25, 0.3) is 21.8 Å². The van der Waals surface area contributed by atoms with Crippen molar-refractivity contribution in [2.75, 3.05) is 43.1 Å². The Kier molecular flexibility index (Phi) is 6.35. The molecule has 11 heteroatoms. The summed E-state index contributed by atoms with van der Waals surface area (Å²) in [7, 11) is 1.73. The van der Waals surface area contributed by atoms with Gasteiger partial charge < -0.3 is 25.0 Å². The van der Waals surface area contributed by atoms with E-state index in [1.54, 1.807) is 31.6 Å². The van der Waals surface area contributed by atoms with Crippen molar-refractivity contribution in [2.45, 2.75) is 32.9 Å². The molecule has 39 heavy (non-hydrogen) atoms. The lowest BCUT2D eigenvalue weighted by atomic mass is 9.90. The Morgan fingerprint density at radius 3 is 2.72 bits per heavy atom. The fraction of sp³-hybridized carbons (Fsp3) is 0.429. The molecule has 0 unspecified atom stereocenters. The van der Waals surface area contributed by atoms with E-state index in [-0.39, 0.29) is 16.9 Å². The highest BCUT2D eigenvalue weighted by atomic mass is 19.1. The van der Waals surface area contributed by atoms with Gasteiger partial charge in [0.2, 0.25) is 0 Å². The van der Waals surface area contributed by atoms with E-state index < -0.39 is 11.7 Å². The second kappa shape index (κ2) is 9.73. The smallest absolute Gasteiger partial charge is 0.316 e. The zero-order chi connectivity index (χ0) is 27.3. The van der Waals surface area contributed by atoms with Crippen LogP contribution in [0.2, 0.25) is 0 Å². The molecule has 4 aromatic rings. The van der Waals surface area contributed by atoms with E-state index in [9.17, 15) is 9.18 Å². The summed E-state index contributed by atoms with van der Waals surface area (Å²) in [6.45, 7) is 9.66. The Labute approximate surface area is 225 Å². The summed E-state index contributed by atoms with van der Waals surface area (Å²) < 4.78 is 27.5. The Morgan fingerprint density at radius 2 is 2.00 bits per heavy atom. The van der Waals surface area contributed by atoms with Crippen molar-refractivity contribution in [1.29, 1.82) is 0 Å². The minimum Gasteiger partial charge on any atom is -0.463 e. The maximum absolute atomic E-state index is 14.7. The monoisotopic (exact) mass is 533 g/mol. The number of nitrogens with zero attached hydrogens (tertiary/aromatic N) is 5. The number of piperazine rings is 1. The van der Waals surface area contributed by atoms with Crippen LogP contribution in [0.15, 0.2) is 36.7 Å². The molecule has 2 aromatic carbocycles. The van der Waals surface area contributed by atoms with Crippen molar-refractivity contribution in [3.63, 3.8) is 0 Å². The largest absolute Gasteiger partial charge is 0.463 e. The molecule has 0 saturated carbocycles. The van der Waals surface area contributed by atoms with Gasteiger partial charge in [-0.05, 0) is 38.1 Å². The molecule has 2 fully saturated rings. The number of amides is 1. The third kappa shape index (κ3) is 4.99. The van der Waals surface area contributed by atoms with Crippen LogP contribution in [0.3, 0.4) is 0 Å². The van der Waals surface area contributed by atoms with Gasteiger partial charge in [-0.15, -0.1) is 0 Å². The van der Waals surface area contributed by atoms with Gasteiger partial charge in [0, 0.05) is 72.2 Å². The molecule has 1 amide bonds. The van der Waals surface area contributed by atoms with Gasteiger partial charge in [-0.1, -0.05) is 6.92 Å². The van der Waals surface area contributed by atoms with Crippen molar-refractivity contribution in [2.24, 2.45) is 12.5 Å². The van der Waals surface area contributed by atoms with Gasteiger partial charge in [-0.2, -0.15) is 10.1 Å². The number of anilines is 2. The molecule has 2 saturated heterocycles. The third-order valence-corrected chi connectivity index (χ3v) is 7.23. The number of aromatic nitrogens is 4. The van der Waals surface area contributed by atoms with E-state index in [0.29, 0.717) is 54.1 Å². The molecule has 2 aliphatic heterocycles. The van der Waals surface area contributed by atoms with Crippen LogP contribution >= 0.6 is 0 Å². The number of hydrogen-bond donors (Lipinski definition) is 2. The number of benzene rings is 2. The average Bonchev–Trinajstić information content (AvgIpc) is 3.25. The van der Waals surface area contributed by atoms with E-state index in [1.807, 2.05) is 6.07 Å². The van der Waals surface area contributed by atoms with Gasteiger partial charge in [0.15, 0.2) is 5.82 Å². The first-order chi connectivity index (χ1) is 18.7. The maximum atomic E-state index is 14.7. The molecule has 4 heterocycles. The number of nitrogens with one attached hydrogen (secondary N) is 2. The van der Waals surface area contributed by atoms with Crippen molar-refractivity contribution < 1.29 is 18.7 Å². The number of fused-ring (bicyclic) bond motifs is 2. The molecule has 0 bridgehead atoms. The number of hydrogen-bond acceptors (Lipinski definition) is 8. The summed E-state index contributed by atoms with van der Waals surface area (Å²) >= 11 is 0. The highest BCUT2D eigenvalue weighted by molar-refractivity contribution is 6.14. The molecule has 2 atom stereocenters. The lowest BCUT2D eigenvalue weighted by molar-refractivity contribution is -0.121. The Bertz CT molecular complexity index is 1560. The molecular formula is C28H32FN7O3.